The van der Waals surface area contributed by atoms with Crippen molar-refractivity contribution in [2.24, 2.45) is 0 Å². The molecule has 0 spiro atoms. The molecule has 0 fully saturated rings. The van der Waals surface area contributed by atoms with Crippen molar-refractivity contribution in [3.8, 4) is 5.75 Å². The molecule has 0 saturated carbocycles. The Hall–Kier alpha value is -3.55. The van der Waals surface area contributed by atoms with Crippen molar-refractivity contribution in [3.05, 3.63) is 84.1 Å². The molecule has 0 saturated heterocycles. The summed E-state index contributed by atoms with van der Waals surface area (Å²) in [5, 5.41) is 5.79. The molecule has 0 bridgehead atoms. The molecular formula is C21H18F3N3O2. The van der Waals surface area contributed by atoms with E-state index >= 15 is 0 Å². The number of benzene rings is 2. The van der Waals surface area contributed by atoms with Gasteiger partial charge in [0.25, 0.3) is 5.91 Å². The van der Waals surface area contributed by atoms with Crippen LogP contribution in [0.5, 0.6) is 5.75 Å². The number of alkyl halides is 3. The lowest BCUT2D eigenvalue weighted by Gasteiger charge is -2.12. The number of nitrogens with zero attached hydrogens (tertiary/aromatic N) is 1. The summed E-state index contributed by atoms with van der Waals surface area (Å²) in [6.07, 6.45) is -2.43. The summed E-state index contributed by atoms with van der Waals surface area (Å²) in [5.41, 5.74) is 1.82. The number of ether oxygens (including phenoxy) is 1. The number of rotatable bonds is 7. The van der Waals surface area contributed by atoms with Crippen LogP contribution in [0.1, 0.15) is 15.9 Å². The van der Waals surface area contributed by atoms with Gasteiger partial charge < -0.3 is 15.4 Å². The van der Waals surface area contributed by atoms with Gasteiger partial charge in [0.05, 0.1) is 5.56 Å². The van der Waals surface area contributed by atoms with Gasteiger partial charge in [-0.1, -0.05) is 30.3 Å². The van der Waals surface area contributed by atoms with Crippen molar-refractivity contribution in [2.45, 2.75) is 12.8 Å². The van der Waals surface area contributed by atoms with Crippen molar-refractivity contribution < 1.29 is 22.7 Å². The third-order valence-electron chi connectivity index (χ3n) is 3.95. The number of halogens is 3. The molecule has 5 nitrogen and oxygen atoms in total. The van der Waals surface area contributed by atoms with E-state index in [1.165, 1.54) is 12.1 Å². The number of hydrogen-bond acceptors (Lipinski definition) is 4. The van der Waals surface area contributed by atoms with Gasteiger partial charge in [0.1, 0.15) is 11.6 Å². The number of hydrogen-bond donors (Lipinski definition) is 2. The second-order valence-electron chi connectivity index (χ2n) is 6.09. The molecule has 29 heavy (non-hydrogen) atoms. The van der Waals surface area contributed by atoms with Crippen LogP contribution in [-0.2, 0) is 6.42 Å². The van der Waals surface area contributed by atoms with Crippen LogP contribution in [0.25, 0.3) is 0 Å². The molecule has 0 aliphatic carbocycles. The average molecular weight is 401 g/mol. The highest BCUT2D eigenvalue weighted by molar-refractivity contribution is 6.07. The zero-order valence-corrected chi connectivity index (χ0v) is 15.2. The first-order valence-corrected chi connectivity index (χ1v) is 8.81. The summed E-state index contributed by atoms with van der Waals surface area (Å²) in [7, 11) is 0. The average Bonchev–Trinajstić information content (AvgIpc) is 2.69. The van der Waals surface area contributed by atoms with Gasteiger partial charge in [-0.15, -0.1) is 13.2 Å². The number of pyridine rings is 1. The molecule has 0 radical (unpaired) electrons. The molecule has 0 unspecified atom stereocenters. The highest BCUT2D eigenvalue weighted by Gasteiger charge is 2.31. The third kappa shape index (κ3) is 6.24. The van der Waals surface area contributed by atoms with Crippen molar-refractivity contribution >= 4 is 17.4 Å². The summed E-state index contributed by atoms with van der Waals surface area (Å²) in [6.45, 7) is 0.588. The summed E-state index contributed by atoms with van der Waals surface area (Å²) < 4.78 is 40.5. The standard InChI is InChI=1S/C21H18F3N3O2/c22-21(23,24)29-17-10-8-16(9-11-17)27-20(28)18-7-4-13-25-19(18)26-14-12-15-5-2-1-3-6-15/h1-11,13H,12,14H2,(H,25,26)(H,27,28). The Balaban J connectivity index is 1.62. The smallest absolute Gasteiger partial charge is 0.406 e. The first-order chi connectivity index (χ1) is 13.9. The van der Waals surface area contributed by atoms with Crippen LogP contribution in [0.15, 0.2) is 72.9 Å². The van der Waals surface area contributed by atoms with Crippen LogP contribution in [0.4, 0.5) is 24.7 Å². The van der Waals surface area contributed by atoms with Gasteiger partial charge >= 0.3 is 6.36 Å². The maximum Gasteiger partial charge on any atom is 0.573 e. The fourth-order valence-electron chi connectivity index (χ4n) is 2.64. The first kappa shape index (κ1) is 20.2. The Morgan fingerprint density at radius 3 is 2.38 bits per heavy atom. The molecule has 1 amide bonds. The number of amides is 1. The molecule has 2 N–H and O–H groups in total. The third-order valence-corrected chi connectivity index (χ3v) is 3.95. The fourth-order valence-corrected chi connectivity index (χ4v) is 2.64. The Morgan fingerprint density at radius 2 is 1.69 bits per heavy atom. The summed E-state index contributed by atoms with van der Waals surface area (Å²) >= 11 is 0. The number of anilines is 2. The lowest BCUT2D eigenvalue weighted by molar-refractivity contribution is -0.274. The van der Waals surface area contributed by atoms with E-state index in [1.807, 2.05) is 30.3 Å². The van der Waals surface area contributed by atoms with Crippen LogP contribution >= 0.6 is 0 Å². The zero-order chi connectivity index (χ0) is 20.7. The van der Waals surface area contributed by atoms with Gasteiger partial charge in [0.15, 0.2) is 0 Å². The Morgan fingerprint density at radius 1 is 0.966 bits per heavy atom. The van der Waals surface area contributed by atoms with Gasteiger partial charge in [-0.2, -0.15) is 0 Å². The second-order valence-corrected chi connectivity index (χ2v) is 6.09. The maximum absolute atomic E-state index is 12.6. The van der Waals surface area contributed by atoms with Crippen LogP contribution in [0.3, 0.4) is 0 Å². The minimum absolute atomic E-state index is 0.330. The van der Waals surface area contributed by atoms with Crippen molar-refractivity contribution in [2.75, 3.05) is 17.2 Å². The number of nitrogens with one attached hydrogen (secondary N) is 2. The molecular weight excluding hydrogens is 383 g/mol. The summed E-state index contributed by atoms with van der Waals surface area (Å²) in [5.74, 6) is -0.358. The summed E-state index contributed by atoms with van der Waals surface area (Å²) in [4.78, 5) is 16.8. The van der Waals surface area contributed by atoms with E-state index in [2.05, 4.69) is 20.4 Å². The van der Waals surface area contributed by atoms with Gasteiger partial charge in [-0.05, 0) is 48.4 Å². The van der Waals surface area contributed by atoms with E-state index in [0.29, 0.717) is 23.6 Å². The number of carbonyl (C=O) groups excluding carboxylic acids is 1. The molecule has 1 aromatic heterocycles. The molecule has 3 aromatic rings. The first-order valence-electron chi connectivity index (χ1n) is 8.81. The van der Waals surface area contributed by atoms with E-state index in [0.717, 1.165) is 24.1 Å². The molecule has 3 rings (SSSR count). The topological polar surface area (TPSA) is 63.2 Å². The van der Waals surface area contributed by atoms with E-state index in [9.17, 15) is 18.0 Å². The van der Waals surface area contributed by atoms with Crippen LogP contribution in [0.2, 0.25) is 0 Å². The predicted octanol–water partition coefficient (Wildman–Crippen LogP) is 4.89. The highest BCUT2D eigenvalue weighted by Crippen LogP contribution is 2.24. The van der Waals surface area contributed by atoms with Gasteiger partial charge in [0.2, 0.25) is 0 Å². The number of aromatic nitrogens is 1. The second kappa shape index (κ2) is 9.09. The zero-order valence-electron chi connectivity index (χ0n) is 15.2. The number of carbonyl (C=O) groups is 1. The summed E-state index contributed by atoms with van der Waals surface area (Å²) in [6, 6.07) is 18.1. The van der Waals surface area contributed by atoms with E-state index < -0.39 is 12.3 Å². The largest absolute Gasteiger partial charge is 0.573 e. The normalized spacial score (nSPS) is 11.0. The van der Waals surface area contributed by atoms with Gasteiger partial charge in [-0.25, -0.2) is 4.98 Å². The molecule has 0 aliphatic rings. The minimum atomic E-state index is -4.76. The predicted molar refractivity (Wildman–Crippen MR) is 104 cm³/mol. The van der Waals surface area contributed by atoms with Crippen molar-refractivity contribution in [1.82, 2.24) is 4.98 Å². The molecule has 150 valence electrons. The molecule has 8 heteroatoms. The minimum Gasteiger partial charge on any atom is -0.406 e. The lowest BCUT2D eigenvalue weighted by atomic mass is 10.1. The van der Waals surface area contributed by atoms with Gasteiger partial charge in [0, 0.05) is 18.4 Å². The van der Waals surface area contributed by atoms with Crippen LogP contribution in [-0.4, -0.2) is 23.8 Å². The van der Waals surface area contributed by atoms with Crippen molar-refractivity contribution in [1.29, 1.82) is 0 Å². The van der Waals surface area contributed by atoms with Crippen LogP contribution in [0, 0.1) is 0 Å². The SMILES string of the molecule is O=C(Nc1ccc(OC(F)(F)F)cc1)c1cccnc1NCCc1ccccc1. The molecule has 0 atom stereocenters. The van der Waals surface area contributed by atoms with Crippen molar-refractivity contribution in [3.63, 3.8) is 0 Å². The monoisotopic (exact) mass is 401 g/mol. The Kier molecular flexibility index (Phi) is 6.33. The van der Waals surface area contributed by atoms with E-state index in [1.54, 1.807) is 18.3 Å². The Bertz CT molecular complexity index is 945. The lowest BCUT2D eigenvalue weighted by Crippen LogP contribution is -2.18. The fraction of sp³-hybridized carbons (Fsp3) is 0.143. The molecule has 1 heterocycles. The van der Waals surface area contributed by atoms with Crippen LogP contribution < -0.4 is 15.4 Å². The maximum atomic E-state index is 12.6. The van der Waals surface area contributed by atoms with E-state index in [-0.39, 0.29) is 5.75 Å². The molecule has 0 aliphatic heterocycles. The van der Waals surface area contributed by atoms with E-state index in [4.69, 9.17) is 0 Å². The Labute approximate surface area is 165 Å². The highest BCUT2D eigenvalue weighted by atomic mass is 19.4. The quantitative estimate of drug-likeness (QED) is 0.592. The molecule has 2 aromatic carbocycles. The van der Waals surface area contributed by atoms with Gasteiger partial charge in [-0.3, -0.25) is 4.79 Å².